The van der Waals surface area contributed by atoms with Gasteiger partial charge >= 0.3 is 0 Å². The second kappa shape index (κ2) is 7.91. The molecule has 6 heteroatoms. The van der Waals surface area contributed by atoms with Gasteiger partial charge in [0.05, 0.1) is 11.3 Å². The molecule has 1 N–H and O–H groups in total. The standard InChI is InChI=1S/C24H22N2O4/c1-15-9-11-22-20(13-15)26(3)24(28)19-14-17(10-12-21(19)30-22)25-23(27)16(2)29-18-7-5-4-6-8-18/h4-14,16H,1-3H3,(H,25,27). The normalized spacial score (nSPS) is 13.4. The Balaban J connectivity index is 1.55. The molecule has 0 fully saturated rings. The third-order valence-electron chi connectivity index (χ3n) is 4.90. The van der Waals surface area contributed by atoms with Crippen LogP contribution in [0.1, 0.15) is 22.8 Å². The number of nitrogens with zero attached hydrogens (tertiary/aromatic N) is 1. The van der Waals surface area contributed by atoms with E-state index >= 15 is 0 Å². The average Bonchev–Trinajstić information content (AvgIpc) is 2.84. The van der Waals surface area contributed by atoms with Crippen LogP contribution in [0.5, 0.6) is 17.2 Å². The number of carbonyl (C=O) groups is 2. The monoisotopic (exact) mass is 402 g/mol. The van der Waals surface area contributed by atoms with Gasteiger partial charge in [0.2, 0.25) is 0 Å². The Hall–Kier alpha value is -3.80. The van der Waals surface area contributed by atoms with Crippen LogP contribution in [0.2, 0.25) is 0 Å². The summed E-state index contributed by atoms with van der Waals surface area (Å²) in [4.78, 5) is 27.1. The smallest absolute Gasteiger partial charge is 0.265 e. The van der Waals surface area contributed by atoms with Crippen LogP contribution in [-0.2, 0) is 4.79 Å². The van der Waals surface area contributed by atoms with Gasteiger partial charge in [0.15, 0.2) is 11.9 Å². The van der Waals surface area contributed by atoms with Crippen molar-refractivity contribution in [1.29, 1.82) is 0 Å². The fraction of sp³-hybridized carbons (Fsp3) is 0.167. The number of carbonyl (C=O) groups excluding carboxylic acids is 2. The van der Waals surface area contributed by atoms with Crippen LogP contribution in [0.3, 0.4) is 0 Å². The van der Waals surface area contributed by atoms with Gasteiger partial charge in [-0.2, -0.15) is 0 Å². The Morgan fingerprint density at radius 2 is 1.77 bits per heavy atom. The summed E-state index contributed by atoms with van der Waals surface area (Å²) in [7, 11) is 1.71. The second-order valence-corrected chi connectivity index (χ2v) is 7.21. The Labute approximate surface area is 175 Å². The largest absolute Gasteiger partial charge is 0.481 e. The summed E-state index contributed by atoms with van der Waals surface area (Å²) in [6, 6.07) is 19.9. The number of amides is 2. The van der Waals surface area contributed by atoms with E-state index in [-0.39, 0.29) is 11.8 Å². The molecule has 0 radical (unpaired) electrons. The summed E-state index contributed by atoms with van der Waals surface area (Å²) in [5, 5.41) is 2.81. The van der Waals surface area contributed by atoms with E-state index in [2.05, 4.69) is 5.32 Å². The van der Waals surface area contributed by atoms with E-state index in [0.29, 0.717) is 34.2 Å². The van der Waals surface area contributed by atoms with E-state index < -0.39 is 6.10 Å². The van der Waals surface area contributed by atoms with Crippen molar-refractivity contribution < 1.29 is 19.1 Å². The molecule has 152 valence electrons. The zero-order chi connectivity index (χ0) is 21.3. The quantitative estimate of drug-likeness (QED) is 0.682. The minimum absolute atomic E-state index is 0.209. The highest BCUT2D eigenvalue weighted by Crippen LogP contribution is 2.39. The Kier molecular flexibility index (Phi) is 5.14. The predicted molar refractivity (Wildman–Crippen MR) is 116 cm³/mol. The maximum atomic E-state index is 13.0. The van der Waals surface area contributed by atoms with E-state index in [1.807, 2.05) is 43.3 Å². The Bertz CT molecular complexity index is 1110. The molecule has 1 aliphatic rings. The molecule has 30 heavy (non-hydrogen) atoms. The predicted octanol–water partition coefficient (Wildman–Crippen LogP) is 4.78. The molecule has 6 nitrogen and oxygen atoms in total. The Morgan fingerprint density at radius 1 is 1.03 bits per heavy atom. The number of nitrogens with one attached hydrogen (secondary N) is 1. The van der Waals surface area contributed by atoms with E-state index in [1.165, 1.54) is 0 Å². The maximum Gasteiger partial charge on any atom is 0.265 e. The third-order valence-corrected chi connectivity index (χ3v) is 4.90. The lowest BCUT2D eigenvalue weighted by Gasteiger charge is -2.17. The summed E-state index contributed by atoms with van der Waals surface area (Å²) < 4.78 is 11.6. The number of hydrogen-bond acceptors (Lipinski definition) is 4. The van der Waals surface area contributed by atoms with E-state index in [0.717, 1.165) is 5.56 Å². The van der Waals surface area contributed by atoms with Gasteiger partial charge in [0, 0.05) is 12.7 Å². The molecule has 0 aromatic heterocycles. The molecule has 0 spiro atoms. The highest BCUT2D eigenvalue weighted by atomic mass is 16.5. The third kappa shape index (κ3) is 3.85. The first-order valence-electron chi connectivity index (χ1n) is 9.65. The van der Waals surface area contributed by atoms with Gasteiger partial charge in [-0.25, -0.2) is 0 Å². The number of anilines is 2. The molecule has 4 rings (SSSR count). The topological polar surface area (TPSA) is 67.9 Å². The van der Waals surface area contributed by atoms with E-state index in [9.17, 15) is 9.59 Å². The number of rotatable bonds is 4. The van der Waals surface area contributed by atoms with E-state index in [1.54, 1.807) is 49.2 Å². The van der Waals surface area contributed by atoms with Crippen molar-refractivity contribution in [3.63, 3.8) is 0 Å². The first kappa shape index (κ1) is 19.5. The van der Waals surface area contributed by atoms with Crippen LogP contribution in [0, 0.1) is 6.92 Å². The molecule has 1 unspecified atom stereocenters. The molecular weight excluding hydrogens is 380 g/mol. The molecule has 2 amide bonds. The van der Waals surface area contributed by atoms with Crippen LogP contribution in [0.4, 0.5) is 11.4 Å². The first-order chi connectivity index (χ1) is 14.4. The summed E-state index contributed by atoms with van der Waals surface area (Å²) in [5.74, 6) is 1.14. The number of aryl methyl sites for hydroxylation is 1. The minimum atomic E-state index is -0.701. The van der Waals surface area contributed by atoms with Crippen molar-refractivity contribution in [2.75, 3.05) is 17.3 Å². The molecule has 1 aliphatic heterocycles. The number of ether oxygens (including phenoxy) is 2. The first-order valence-corrected chi connectivity index (χ1v) is 9.65. The summed E-state index contributed by atoms with van der Waals surface area (Å²) in [6.45, 7) is 3.63. The lowest BCUT2D eigenvalue weighted by atomic mass is 10.1. The van der Waals surface area contributed by atoms with Crippen molar-refractivity contribution in [1.82, 2.24) is 0 Å². The van der Waals surface area contributed by atoms with Crippen LogP contribution in [0.15, 0.2) is 66.7 Å². The molecule has 1 atom stereocenters. The fourth-order valence-electron chi connectivity index (χ4n) is 3.25. The van der Waals surface area contributed by atoms with Crippen molar-refractivity contribution in [2.45, 2.75) is 20.0 Å². The lowest BCUT2D eigenvalue weighted by Crippen LogP contribution is -2.30. The summed E-state index contributed by atoms with van der Waals surface area (Å²) >= 11 is 0. The van der Waals surface area contributed by atoms with Crippen LogP contribution >= 0.6 is 0 Å². The molecule has 3 aromatic rings. The summed E-state index contributed by atoms with van der Waals surface area (Å²) in [6.07, 6.45) is -0.701. The number of fused-ring (bicyclic) bond motifs is 2. The van der Waals surface area contributed by atoms with Crippen molar-refractivity contribution in [2.24, 2.45) is 0 Å². The SMILES string of the molecule is Cc1ccc2c(c1)N(C)C(=O)c1cc(NC(=O)C(C)Oc3ccccc3)ccc1O2. The van der Waals surface area contributed by atoms with Gasteiger partial charge in [-0.1, -0.05) is 24.3 Å². The molecular formula is C24H22N2O4. The zero-order valence-electron chi connectivity index (χ0n) is 17.0. The van der Waals surface area contributed by atoms with Crippen LogP contribution in [0.25, 0.3) is 0 Å². The van der Waals surface area contributed by atoms with Gasteiger partial charge < -0.3 is 19.7 Å². The zero-order valence-corrected chi connectivity index (χ0v) is 17.0. The van der Waals surface area contributed by atoms with Crippen molar-refractivity contribution >= 4 is 23.2 Å². The highest BCUT2D eigenvalue weighted by Gasteiger charge is 2.26. The van der Waals surface area contributed by atoms with Crippen LogP contribution in [-0.4, -0.2) is 25.0 Å². The molecule has 1 heterocycles. The van der Waals surface area contributed by atoms with Gasteiger partial charge in [0.25, 0.3) is 11.8 Å². The maximum absolute atomic E-state index is 13.0. The lowest BCUT2D eigenvalue weighted by molar-refractivity contribution is -0.122. The molecule has 0 saturated heterocycles. The van der Waals surface area contributed by atoms with Gasteiger partial charge in [-0.3, -0.25) is 9.59 Å². The van der Waals surface area contributed by atoms with Crippen LogP contribution < -0.4 is 19.7 Å². The van der Waals surface area contributed by atoms with Gasteiger partial charge in [0.1, 0.15) is 11.5 Å². The number of benzene rings is 3. The Morgan fingerprint density at radius 3 is 2.53 bits per heavy atom. The highest BCUT2D eigenvalue weighted by molar-refractivity contribution is 6.10. The van der Waals surface area contributed by atoms with E-state index in [4.69, 9.17) is 9.47 Å². The van der Waals surface area contributed by atoms with Crippen molar-refractivity contribution in [3.8, 4) is 17.2 Å². The molecule has 0 bridgehead atoms. The molecule has 0 aliphatic carbocycles. The number of hydrogen-bond donors (Lipinski definition) is 1. The number of para-hydroxylation sites is 1. The van der Waals surface area contributed by atoms with Gasteiger partial charge in [-0.05, 0) is 61.9 Å². The molecule has 3 aromatic carbocycles. The summed E-state index contributed by atoms with van der Waals surface area (Å²) in [5.41, 5.74) is 2.60. The average molecular weight is 402 g/mol. The van der Waals surface area contributed by atoms with Gasteiger partial charge in [-0.15, -0.1) is 0 Å². The molecule has 0 saturated carbocycles. The van der Waals surface area contributed by atoms with Crippen molar-refractivity contribution in [3.05, 3.63) is 77.9 Å². The minimum Gasteiger partial charge on any atom is -0.481 e. The second-order valence-electron chi connectivity index (χ2n) is 7.21. The fourth-order valence-corrected chi connectivity index (χ4v) is 3.25.